The lowest BCUT2D eigenvalue weighted by atomic mass is 10.1. The van der Waals surface area contributed by atoms with Gasteiger partial charge in [0.1, 0.15) is 18.3 Å². The predicted molar refractivity (Wildman–Crippen MR) is 74.3 cm³/mol. The first kappa shape index (κ1) is 16.3. The van der Waals surface area contributed by atoms with E-state index in [-0.39, 0.29) is 17.2 Å². The van der Waals surface area contributed by atoms with E-state index in [1.165, 1.54) is 7.11 Å². The lowest BCUT2D eigenvalue weighted by Crippen LogP contribution is -2.42. The number of nitrogens with zero attached hydrogens (tertiary/aromatic N) is 3. The maximum absolute atomic E-state index is 11.9. The SMILES string of the molecule is COc1nc2c(ncn2[C@@H]2O[C@H](C(O)C(=O)O)[C@@H](O)[C@H]2O)c(=O)[nH]1. The van der Waals surface area contributed by atoms with Gasteiger partial charge in [-0.25, -0.2) is 9.78 Å². The Balaban J connectivity index is 2.03. The first-order valence-corrected chi connectivity index (χ1v) is 6.78. The zero-order valence-corrected chi connectivity index (χ0v) is 12.2. The van der Waals surface area contributed by atoms with Gasteiger partial charge in [-0.2, -0.15) is 4.98 Å². The highest BCUT2D eigenvalue weighted by molar-refractivity contribution is 5.73. The van der Waals surface area contributed by atoms with Crippen LogP contribution in [0.1, 0.15) is 6.23 Å². The van der Waals surface area contributed by atoms with E-state index in [0.717, 1.165) is 10.9 Å². The number of aliphatic carboxylic acids is 1. The Morgan fingerprint density at radius 3 is 2.79 bits per heavy atom. The third-order valence-corrected chi connectivity index (χ3v) is 3.72. The number of carboxylic acid groups (broad SMARTS) is 1. The van der Waals surface area contributed by atoms with Crippen LogP contribution >= 0.6 is 0 Å². The van der Waals surface area contributed by atoms with E-state index < -0.39 is 42.2 Å². The normalized spacial score (nSPS) is 28.2. The lowest BCUT2D eigenvalue weighted by molar-refractivity contribution is -0.160. The molecular formula is C12H14N4O8. The quantitative estimate of drug-likeness (QED) is 0.389. The van der Waals surface area contributed by atoms with Crippen molar-refractivity contribution in [1.82, 2.24) is 19.5 Å². The number of carboxylic acids is 1. The van der Waals surface area contributed by atoms with Crippen molar-refractivity contribution in [2.75, 3.05) is 7.11 Å². The fraction of sp³-hybridized carbons (Fsp3) is 0.500. The molecule has 1 aliphatic rings. The van der Waals surface area contributed by atoms with Crippen LogP contribution in [0.25, 0.3) is 11.2 Å². The molecule has 0 bridgehead atoms. The van der Waals surface area contributed by atoms with Gasteiger partial charge in [-0.15, -0.1) is 0 Å². The van der Waals surface area contributed by atoms with Crippen molar-refractivity contribution in [2.45, 2.75) is 30.6 Å². The topological polar surface area (TPSA) is 180 Å². The Labute approximate surface area is 132 Å². The molecule has 130 valence electrons. The first-order chi connectivity index (χ1) is 11.3. The van der Waals surface area contributed by atoms with Crippen LogP contribution in [0, 0.1) is 0 Å². The van der Waals surface area contributed by atoms with Crippen molar-refractivity contribution in [2.24, 2.45) is 0 Å². The van der Waals surface area contributed by atoms with E-state index >= 15 is 0 Å². The molecule has 0 amide bonds. The van der Waals surface area contributed by atoms with Gasteiger partial charge in [0.15, 0.2) is 23.5 Å². The number of hydrogen-bond acceptors (Lipinski definition) is 9. The molecule has 2 aromatic rings. The molecule has 3 rings (SSSR count). The average molecular weight is 342 g/mol. The summed E-state index contributed by atoms with van der Waals surface area (Å²) in [6.45, 7) is 0. The Kier molecular flexibility index (Phi) is 3.96. The summed E-state index contributed by atoms with van der Waals surface area (Å²) in [6.07, 6.45) is -7.01. The van der Waals surface area contributed by atoms with E-state index in [9.17, 15) is 24.9 Å². The maximum atomic E-state index is 11.9. The van der Waals surface area contributed by atoms with Crippen LogP contribution in [0.5, 0.6) is 6.01 Å². The predicted octanol–water partition coefficient (Wildman–Crippen LogP) is -2.81. The third kappa shape index (κ3) is 2.41. The van der Waals surface area contributed by atoms with E-state index in [4.69, 9.17) is 14.6 Å². The molecule has 1 aliphatic heterocycles. The number of ether oxygens (including phenoxy) is 2. The van der Waals surface area contributed by atoms with Gasteiger partial charge in [-0.1, -0.05) is 0 Å². The van der Waals surface area contributed by atoms with Crippen molar-refractivity contribution in [3.63, 3.8) is 0 Å². The number of fused-ring (bicyclic) bond motifs is 1. The number of aliphatic hydroxyl groups is 3. The molecule has 0 aromatic carbocycles. The number of H-pyrrole nitrogens is 1. The Bertz CT molecular complexity index is 832. The minimum Gasteiger partial charge on any atom is -0.479 e. The molecule has 0 aliphatic carbocycles. The lowest BCUT2D eigenvalue weighted by Gasteiger charge is -2.17. The molecule has 5 atom stereocenters. The standard InChI is InChI=1S/C12H14N4O8/c1-23-12-14-8-3(9(20)15-12)13-2-16(8)10-5(18)4(17)7(24-10)6(19)11(21)22/h2,4-7,10,17-19H,1H3,(H,21,22)(H,14,15,20)/t4-,5+,6?,7-,10+/m0/s1. The highest BCUT2D eigenvalue weighted by Crippen LogP contribution is 2.32. The number of rotatable bonds is 4. The van der Waals surface area contributed by atoms with Gasteiger partial charge in [0.05, 0.1) is 13.4 Å². The molecule has 0 radical (unpaired) electrons. The van der Waals surface area contributed by atoms with Crippen LogP contribution < -0.4 is 10.3 Å². The van der Waals surface area contributed by atoms with Gasteiger partial charge < -0.3 is 29.9 Å². The molecule has 24 heavy (non-hydrogen) atoms. The number of carbonyl (C=O) groups is 1. The Morgan fingerprint density at radius 1 is 1.46 bits per heavy atom. The second-order valence-corrected chi connectivity index (χ2v) is 5.15. The second kappa shape index (κ2) is 5.83. The average Bonchev–Trinajstić information content (AvgIpc) is 3.09. The van der Waals surface area contributed by atoms with Crippen LogP contribution in [-0.2, 0) is 9.53 Å². The fourth-order valence-electron chi connectivity index (χ4n) is 2.51. The van der Waals surface area contributed by atoms with Crippen molar-refractivity contribution in [3.8, 4) is 6.01 Å². The van der Waals surface area contributed by atoms with Gasteiger partial charge in [0.2, 0.25) is 0 Å². The fourth-order valence-corrected chi connectivity index (χ4v) is 2.51. The van der Waals surface area contributed by atoms with Gasteiger partial charge >= 0.3 is 5.97 Å². The summed E-state index contributed by atoms with van der Waals surface area (Å²) >= 11 is 0. The van der Waals surface area contributed by atoms with Gasteiger partial charge in [0.25, 0.3) is 11.6 Å². The van der Waals surface area contributed by atoms with Gasteiger partial charge in [0, 0.05) is 0 Å². The number of imidazole rings is 1. The van der Waals surface area contributed by atoms with Crippen molar-refractivity contribution in [1.29, 1.82) is 0 Å². The van der Waals surface area contributed by atoms with Crippen molar-refractivity contribution in [3.05, 3.63) is 16.7 Å². The number of aliphatic hydroxyl groups excluding tert-OH is 3. The minimum absolute atomic E-state index is 0.00249. The monoisotopic (exact) mass is 342 g/mol. The van der Waals surface area contributed by atoms with Gasteiger partial charge in [-0.3, -0.25) is 14.3 Å². The van der Waals surface area contributed by atoms with Crippen LogP contribution in [-0.4, -0.2) is 77.4 Å². The molecule has 12 nitrogen and oxygen atoms in total. The summed E-state index contributed by atoms with van der Waals surface area (Å²) in [5.41, 5.74) is -0.661. The van der Waals surface area contributed by atoms with Crippen LogP contribution in [0.15, 0.2) is 11.1 Å². The molecule has 5 N–H and O–H groups in total. The second-order valence-electron chi connectivity index (χ2n) is 5.15. The van der Waals surface area contributed by atoms with Crippen LogP contribution in [0.2, 0.25) is 0 Å². The largest absolute Gasteiger partial charge is 0.479 e. The number of aromatic amines is 1. The van der Waals surface area contributed by atoms with Crippen molar-refractivity contribution < 1.29 is 34.7 Å². The van der Waals surface area contributed by atoms with E-state index in [0.29, 0.717) is 0 Å². The molecule has 2 aromatic heterocycles. The zero-order chi connectivity index (χ0) is 17.6. The molecule has 0 saturated carbocycles. The highest BCUT2D eigenvalue weighted by atomic mass is 16.6. The minimum atomic E-state index is -2.04. The molecular weight excluding hydrogens is 328 g/mol. The van der Waals surface area contributed by atoms with E-state index in [1.54, 1.807) is 0 Å². The molecule has 1 fully saturated rings. The summed E-state index contributed by atoms with van der Waals surface area (Å²) in [5, 5.41) is 38.4. The van der Waals surface area contributed by atoms with Crippen molar-refractivity contribution >= 4 is 17.1 Å². The summed E-state index contributed by atoms with van der Waals surface area (Å²) in [4.78, 5) is 32.9. The number of nitrogens with one attached hydrogen (secondary N) is 1. The number of methoxy groups -OCH3 is 1. The van der Waals surface area contributed by atoms with E-state index in [1.807, 2.05) is 0 Å². The maximum Gasteiger partial charge on any atom is 0.335 e. The Morgan fingerprint density at radius 2 is 2.17 bits per heavy atom. The van der Waals surface area contributed by atoms with E-state index in [2.05, 4.69) is 15.0 Å². The molecule has 1 unspecified atom stereocenters. The zero-order valence-electron chi connectivity index (χ0n) is 12.2. The number of aromatic nitrogens is 4. The summed E-state index contributed by atoms with van der Waals surface area (Å²) < 4.78 is 11.3. The Hall–Kier alpha value is -2.54. The molecule has 12 heteroatoms. The van der Waals surface area contributed by atoms with Gasteiger partial charge in [-0.05, 0) is 0 Å². The number of hydrogen-bond donors (Lipinski definition) is 5. The highest BCUT2D eigenvalue weighted by Gasteiger charge is 2.49. The van der Waals surface area contributed by atoms with Crippen LogP contribution in [0.4, 0.5) is 0 Å². The summed E-state index contributed by atoms with van der Waals surface area (Å²) in [5.74, 6) is -1.61. The third-order valence-electron chi connectivity index (χ3n) is 3.72. The smallest absolute Gasteiger partial charge is 0.335 e. The van der Waals surface area contributed by atoms with Crippen LogP contribution in [0.3, 0.4) is 0 Å². The summed E-state index contributed by atoms with van der Waals surface area (Å²) in [7, 11) is 1.29. The first-order valence-electron chi connectivity index (χ1n) is 6.78. The molecule has 1 saturated heterocycles. The summed E-state index contributed by atoms with van der Waals surface area (Å²) in [6, 6.07) is -0.107. The molecule has 3 heterocycles. The molecule has 0 spiro atoms.